The van der Waals surface area contributed by atoms with Gasteiger partial charge in [-0.05, 0) is 221 Å². The van der Waals surface area contributed by atoms with Crippen molar-refractivity contribution in [1.82, 2.24) is 0 Å². The monoisotopic (exact) mass is 913 g/mol. The van der Waals surface area contributed by atoms with Gasteiger partial charge in [0.2, 0.25) is 0 Å². The van der Waals surface area contributed by atoms with E-state index in [1.807, 2.05) is 0 Å². The second kappa shape index (κ2) is 39.3. The van der Waals surface area contributed by atoms with Crippen molar-refractivity contribution in [3.05, 3.63) is 116 Å². The predicted molar refractivity (Wildman–Crippen MR) is 312 cm³/mol. The Morgan fingerprint density at radius 2 is 0.364 bits per heavy atom. The highest BCUT2D eigenvalue weighted by atomic mass is 14.1. The average Bonchev–Trinajstić information content (AvgIpc) is 3.14. The fourth-order valence-electron chi connectivity index (χ4n) is 5.97. The molecule has 0 saturated carbocycles. The Kier molecular flexibility index (Phi) is 41.6. The van der Waals surface area contributed by atoms with E-state index < -0.39 is 0 Å². The molecular formula is C66H120. The summed E-state index contributed by atoms with van der Waals surface area (Å²) in [4.78, 5) is 0. The Bertz CT molecular complexity index is 1540. The molecule has 0 atom stereocenters. The first-order valence-corrected chi connectivity index (χ1v) is 26.5. The molecule has 0 radical (unpaired) electrons. The van der Waals surface area contributed by atoms with E-state index in [0.29, 0.717) is 21.7 Å². The van der Waals surface area contributed by atoms with Gasteiger partial charge in [0.05, 0.1) is 0 Å². The molecule has 0 N–H and O–H groups in total. The summed E-state index contributed by atoms with van der Waals surface area (Å²) < 4.78 is 0. The summed E-state index contributed by atoms with van der Waals surface area (Å²) >= 11 is 0. The van der Waals surface area contributed by atoms with Crippen LogP contribution in [0.15, 0.2) is 116 Å². The van der Waals surface area contributed by atoms with Gasteiger partial charge in [-0.1, -0.05) is 200 Å². The second-order valence-corrected chi connectivity index (χ2v) is 25.7. The van der Waals surface area contributed by atoms with E-state index in [-0.39, 0.29) is 0 Å². The lowest BCUT2D eigenvalue weighted by Gasteiger charge is -2.15. The summed E-state index contributed by atoms with van der Waals surface area (Å²) in [6.45, 7) is 58.3. The van der Waals surface area contributed by atoms with Gasteiger partial charge in [-0.25, -0.2) is 0 Å². The zero-order chi connectivity index (χ0) is 52.2. The lowest BCUT2D eigenvalue weighted by atomic mass is 9.91. The Morgan fingerprint density at radius 1 is 0.212 bits per heavy atom. The first kappa shape index (κ1) is 70.0. The van der Waals surface area contributed by atoms with Crippen molar-refractivity contribution in [3.8, 4) is 0 Å². The first-order chi connectivity index (χ1) is 30.0. The minimum absolute atomic E-state index is 0.406. The molecule has 0 aromatic carbocycles. The zero-order valence-corrected chi connectivity index (χ0v) is 50.1. The van der Waals surface area contributed by atoms with E-state index in [0.717, 1.165) is 0 Å². The van der Waals surface area contributed by atoms with Gasteiger partial charge in [0.25, 0.3) is 0 Å². The predicted octanol–water partition coefficient (Wildman–Crippen LogP) is 23.9. The molecule has 0 bridgehead atoms. The largest absolute Gasteiger partial charge is 0.0856 e. The van der Waals surface area contributed by atoms with Gasteiger partial charge in [-0.15, -0.1) is 0 Å². The van der Waals surface area contributed by atoms with E-state index in [1.54, 1.807) is 0 Å². The molecule has 384 valence electrons. The Labute approximate surface area is 419 Å². The quantitative estimate of drug-likeness (QED) is 0.0950. The molecule has 0 nitrogen and oxygen atoms in total. The highest BCUT2D eigenvalue weighted by Gasteiger charge is 2.09. The van der Waals surface area contributed by atoms with E-state index in [4.69, 9.17) is 0 Å². The van der Waals surface area contributed by atoms with E-state index in [2.05, 4.69) is 241 Å². The van der Waals surface area contributed by atoms with Crippen LogP contribution < -0.4 is 0 Å². The standard InChI is InChI=1S/C24H42.C19H34.C14H26.C9H18/c1-20(2)12-9-13-21(3)14-10-15-22(4)16-11-17-23(5)18-19-24(6,7)8;1-16(2)10-8-11-17(3)12-9-13-18(4)14-15-19(5,6)7;1-12(2)8-7-9-13(3)10-11-14(4,5)6;1-8(2)6-7-9(3,4)5/h12,14,16,18H,9-11,13,15,17,19H2,1-8H3;10,12,14H,8-9,11,13,15H2,1-7H3;8,10H,7,9,11H2,1-6H3;6H,7H2,1-5H3/b21-14+,22-16-,23-18+;17-12-,18-14+;13-10+;. The van der Waals surface area contributed by atoms with Crippen molar-refractivity contribution >= 4 is 0 Å². The van der Waals surface area contributed by atoms with Gasteiger partial charge in [0, 0.05) is 0 Å². The summed E-state index contributed by atoms with van der Waals surface area (Å²) in [7, 11) is 0. The van der Waals surface area contributed by atoms with Crippen LogP contribution in [0.4, 0.5) is 0 Å². The molecule has 0 saturated heterocycles. The lowest BCUT2D eigenvalue weighted by molar-refractivity contribution is 0.419. The first-order valence-electron chi connectivity index (χ1n) is 26.5. The van der Waals surface area contributed by atoms with E-state index in [9.17, 15) is 0 Å². The van der Waals surface area contributed by atoms with Gasteiger partial charge in [0.15, 0.2) is 0 Å². The van der Waals surface area contributed by atoms with Crippen molar-refractivity contribution in [2.45, 2.75) is 283 Å². The average molecular weight is 914 g/mol. The highest BCUT2D eigenvalue weighted by Crippen LogP contribution is 2.24. The van der Waals surface area contributed by atoms with Crippen molar-refractivity contribution in [1.29, 1.82) is 0 Å². The third kappa shape index (κ3) is 68.0. The number of hydrogen-bond acceptors (Lipinski definition) is 0. The van der Waals surface area contributed by atoms with Gasteiger partial charge < -0.3 is 0 Å². The van der Waals surface area contributed by atoms with Crippen LogP contribution in [0.2, 0.25) is 0 Å². The molecule has 0 aromatic heterocycles. The molecule has 0 rings (SSSR count). The molecule has 0 spiro atoms. The van der Waals surface area contributed by atoms with Crippen molar-refractivity contribution in [2.75, 3.05) is 0 Å². The summed E-state index contributed by atoms with van der Waals surface area (Å²) in [5.41, 5.74) is 16.6. The number of hydrogen-bond donors (Lipinski definition) is 0. The van der Waals surface area contributed by atoms with Crippen LogP contribution in [0.1, 0.15) is 283 Å². The third-order valence-electron chi connectivity index (χ3n) is 10.7. The van der Waals surface area contributed by atoms with Gasteiger partial charge >= 0.3 is 0 Å². The summed E-state index contributed by atoms with van der Waals surface area (Å²) in [5.74, 6) is 0. The van der Waals surface area contributed by atoms with E-state index >= 15 is 0 Å². The fraction of sp³-hybridized carbons (Fsp3) is 0.697. The van der Waals surface area contributed by atoms with Crippen LogP contribution >= 0.6 is 0 Å². The zero-order valence-electron chi connectivity index (χ0n) is 50.1. The summed E-state index contributed by atoms with van der Waals surface area (Å²) in [5, 5.41) is 0. The lowest BCUT2D eigenvalue weighted by Crippen LogP contribution is -2.02. The van der Waals surface area contributed by atoms with Gasteiger partial charge in [-0.2, -0.15) is 0 Å². The van der Waals surface area contributed by atoms with Crippen LogP contribution in [0.5, 0.6) is 0 Å². The molecule has 0 unspecified atom stereocenters. The molecule has 0 aliphatic rings. The summed E-state index contributed by atoms with van der Waals surface area (Å²) in [6.07, 6.45) is 42.8. The maximum Gasteiger partial charge on any atom is -0.0288 e. The number of rotatable bonds is 22. The maximum absolute atomic E-state index is 2.43. The van der Waals surface area contributed by atoms with Crippen molar-refractivity contribution in [2.24, 2.45) is 21.7 Å². The SMILES string of the molecule is CC(C)=CCC(C)(C)C.CC(C)=CCC/C(C)=C/CC(C)(C)C.CC(C)=CCC/C(C)=C/CC/C(C)=C\CC/C(C)=C/CC(C)(C)C.CC(C)=CCC/C(C)=C\CC/C(C)=C/CC(C)(C)C. The van der Waals surface area contributed by atoms with Gasteiger partial charge in [0.1, 0.15) is 0 Å². The van der Waals surface area contributed by atoms with Crippen LogP contribution in [0, 0.1) is 21.7 Å². The van der Waals surface area contributed by atoms with Crippen LogP contribution in [-0.4, -0.2) is 0 Å². The second-order valence-electron chi connectivity index (χ2n) is 25.7. The molecule has 0 amide bonds. The van der Waals surface area contributed by atoms with Crippen molar-refractivity contribution < 1.29 is 0 Å². The van der Waals surface area contributed by atoms with Crippen molar-refractivity contribution in [3.63, 3.8) is 0 Å². The highest BCUT2D eigenvalue weighted by molar-refractivity contribution is 5.09. The summed E-state index contributed by atoms with van der Waals surface area (Å²) in [6, 6.07) is 0. The Hall–Kier alpha value is -2.60. The van der Waals surface area contributed by atoms with Crippen LogP contribution in [0.25, 0.3) is 0 Å². The van der Waals surface area contributed by atoms with Crippen LogP contribution in [0.3, 0.4) is 0 Å². The normalized spacial score (nSPS) is 13.3. The third-order valence-corrected chi connectivity index (χ3v) is 10.7. The molecule has 0 aliphatic carbocycles. The Balaban J connectivity index is -0.000000409. The Morgan fingerprint density at radius 3 is 0.515 bits per heavy atom. The molecule has 0 fully saturated rings. The minimum atomic E-state index is 0.406. The van der Waals surface area contributed by atoms with Gasteiger partial charge in [-0.3, -0.25) is 0 Å². The molecule has 0 heteroatoms. The molecule has 0 heterocycles. The molecule has 66 heavy (non-hydrogen) atoms. The fourth-order valence-corrected chi connectivity index (χ4v) is 5.97. The molecular weight excluding hydrogens is 793 g/mol. The molecule has 0 aromatic rings. The number of allylic oxidation sites excluding steroid dienone is 20. The minimum Gasteiger partial charge on any atom is -0.0856 e. The topological polar surface area (TPSA) is 0 Å². The maximum atomic E-state index is 2.43. The van der Waals surface area contributed by atoms with Crippen LogP contribution in [-0.2, 0) is 0 Å². The smallest absolute Gasteiger partial charge is 0.0288 e. The van der Waals surface area contributed by atoms with E-state index in [1.165, 1.54) is 158 Å². The molecule has 0 aliphatic heterocycles.